The number of aryl methyl sites for hydroxylation is 1. The number of unbranched alkanes of at least 4 members (excludes halogenated alkanes) is 1. The van der Waals surface area contributed by atoms with E-state index in [0.717, 1.165) is 6.54 Å². The van der Waals surface area contributed by atoms with E-state index in [1.165, 1.54) is 35.7 Å². The van der Waals surface area contributed by atoms with Crippen molar-refractivity contribution in [2.24, 2.45) is 7.05 Å². The largest absolute Gasteiger partial charge is 0.350 e. The Morgan fingerprint density at radius 3 is 2.83 bits per heavy atom. The maximum Gasteiger partial charge on any atom is 0.0481 e. The molecule has 2 aromatic rings. The van der Waals surface area contributed by atoms with Gasteiger partial charge in [0.1, 0.15) is 0 Å². The predicted octanol–water partition coefficient (Wildman–Crippen LogP) is 3.85. The minimum absolute atomic E-state index is 0.601. The molecule has 18 heavy (non-hydrogen) atoms. The van der Waals surface area contributed by atoms with E-state index in [1.54, 1.807) is 0 Å². The third kappa shape index (κ3) is 2.94. The quantitative estimate of drug-likeness (QED) is 0.816. The van der Waals surface area contributed by atoms with Gasteiger partial charge in [-0.15, -0.1) is 0 Å². The number of benzene rings is 1. The van der Waals surface area contributed by atoms with Crippen LogP contribution >= 0.6 is 0 Å². The van der Waals surface area contributed by atoms with E-state index in [4.69, 9.17) is 0 Å². The molecule has 1 aromatic carbocycles. The number of nitrogens with zero attached hydrogens (tertiary/aromatic N) is 1. The molecule has 2 rings (SSSR count). The van der Waals surface area contributed by atoms with Crippen molar-refractivity contribution in [2.75, 3.05) is 0 Å². The maximum absolute atomic E-state index is 3.63. The fourth-order valence-electron chi connectivity index (χ4n) is 2.46. The summed E-state index contributed by atoms with van der Waals surface area (Å²) in [6, 6.07) is 9.21. The Bertz CT molecular complexity index is 499. The van der Waals surface area contributed by atoms with Crippen LogP contribution in [0.25, 0.3) is 10.9 Å². The summed E-state index contributed by atoms with van der Waals surface area (Å²) in [7, 11) is 2.12. The van der Waals surface area contributed by atoms with Gasteiger partial charge >= 0.3 is 0 Å². The van der Waals surface area contributed by atoms with Crippen LogP contribution in [0.1, 0.15) is 38.7 Å². The van der Waals surface area contributed by atoms with E-state index >= 15 is 0 Å². The van der Waals surface area contributed by atoms with Gasteiger partial charge in [-0.05, 0) is 25.0 Å². The van der Waals surface area contributed by atoms with Gasteiger partial charge in [0.15, 0.2) is 0 Å². The molecule has 0 radical (unpaired) electrons. The molecule has 0 fully saturated rings. The average Bonchev–Trinajstić information content (AvgIpc) is 2.71. The summed E-state index contributed by atoms with van der Waals surface area (Å²) in [5, 5.41) is 5.00. The monoisotopic (exact) mass is 244 g/mol. The molecular formula is C16H24N2. The van der Waals surface area contributed by atoms with Gasteiger partial charge in [-0.2, -0.15) is 0 Å². The lowest BCUT2D eigenvalue weighted by Gasteiger charge is -2.12. The predicted molar refractivity (Wildman–Crippen MR) is 78.7 cm³/mol. The van der Waals surface area contributed by atoms with Gasteiger partial charge in [0.2, 0.25) is 0 Å². The first-order chi connectivity index (χ1) is 8.72. The molecule has 1 aromatic heterocycles. The molecule has 0 bridgehead atoms. The maximum atomic E-state index is 3.63. The lowest BCUT2D eigenvalue weighted by atomic mass is 10.1. The van der Waals surface area contributed by atoms with Crippen LogP contribution in [-0.2, 0) is 13.6 Å². The van der Waals surface area contributed by atoms with Crippen LogP contribution in [-0.4, -0.2) is 10.6 Å². The number of para-hydroxylation sites is 1. The Morgan fingerprint density at radius 1 is 1.28 bits per heavy atom. The van der Waals surface area contributed by atoms with Crippen molar-refractivity contribution in [3.8, 4) is 0 Å². The molecule has 0 aliphatic carbocycles. The molecule has 98 valence electrons. The van der Waals surface area contributed by atoms with Crippen molar-refractivity contribution in [3.05, 3.63) is 36.0 Å². The first-order valence-electron chi connectivity index (χ1n) is 6.98. The summed E-state index contributed by atoms with van der Waals surface area (Å²) in [5.74, 6) is 0. The molecule has 2 nitrogen and oxygen atoms in total. The molecule has 0 spiro atoms. The second-order valence-corrected chi connectivity index (χ2v) is 5.21. The van der Waals surface area contributed by atoms with Crippen molar-refractivity contribution in [2.45, 2.75) is 45.7 Å². The Kier molecular flexibility index (Phi) is 4.43. The third-order valence-electron chi connectivity index (χ3n) is 3.61. The smallest absolute Gasteiger partial charge is 0.0481 e. The summed E-state index contributed by atoms with van der Waals surface area (Å²) >= 11 is 0. The van der Waals surface area contributed by atoms with Gasteiger partial charge in [-0.1, -0.05) is 38.0 Å². The van der Waals surface area contributed by atoms with Crippen LogP contribution in [0.2, 0.25) is 0 Å². The van der Waals surface area contributed by atoms with Gasteiger partial charge in [0.05, 0.1) is 0 Å². The molecule has 0 aliphatic heterocycles. The zero-order valence-corrected chi connectivity index (χ0v) is 11.7. The fourth-order valence-corrected chi connectivity index (χ4v) is 2.46. The third-order valence-corrected chi connectivity index (χ3v) is 3.61. The molecule has 0 saturated heterocycles. The Labute approximate surface area is 110 Å². The van der Waals surface area contributed by atoms with E-state index in [2.05, 4.69) is 61.2 Å². The van der Waals surface area contributed by atoms with Gasteiger partial charge in [-0.25, -0.2) is 0 Å². The lowest BCUT2D eigenvalue weighted by Crippen LogP contribution is -2.25. The molecule has 1 heterocycles. The highest BCUT2D eigenvalue weighted by Gasteiger charge is 2.07. The standard InChI is InChI=1S/C16H24N2/c1-4-5-8-13(2)17-11-14-12-18(3)16-10-7-6-9-15(14)16/h6-7,9-10,12-13,17H,4-5,8,11H2,1-3H3. The van der Waals surface area contributed by atoms with E-state index in [-0.39, 0.29) is 0 Å². The van der Waals surface area contributed by atoms with E-state index in [0.29, 0.717) is 6.04 Å². The van der Waals surface area contributed by atoms with E-state index < -0.39 is 0 Å². The minimum atomic E-state index is 0.601. The van der Waals surface area contributed by atoms with Gasteiger partial charge < -0.3 is 9.88 Å². The molecule has 2 heteroatoms. The molecular weight excluding hydrogens is 220 g/mol. The molecule has 1 unspecified atom stereocenters. The van der Waals surface area contributed by atoms with Gasteiger partial charge in [-0.3, -0.25) is 0 Å². The average molecular weight is 244 g/mol. The number of aromatic nitrogens is 1. The Balaban J connectivity index is 2.03. The highest BCUT2D eigenvalue weighted by atomic mass is 14.9. The van der Waals surface area contributed by atoms with Crippen LogP contribution in [0.15, 0.2) is 30.5 Å². The van der Waals surface area contributed by atoms with Crippen LogP contribution in [0.4, 0.5) is 0 Å². The molecule has 0 saturated carbocycles. The van der Waals surface area contributed by atoms with Crippen LogP contribution in [0, 0.1) is 0 Å². The molecule has 1 atom stereocenters. The summed E-state index contributed by atoms with van der Waals surface area (Å²) in [4.78, 5) is 0. The van der Waals surface area contributed by atoms with Crippen molar-refractivity contribution in [1.82, 2.24) is 9.88 Å². The van der Waals surface area contributed by atoms with Crippen molar-refractivity contribution in [1.29, 1.82) is 0 Å². The second kappa shape index (κ2) is 6.05. The highest BCUT2D eigenvalue weighted by molar-refractivity contribution is 5.83. The van der Waals surface area contributed by atoms with Crippen molar-refractivity contribution < 1.29 is 0 Å². The Hall–Kier alpha value is -1.28. The zero-order chi connectivity index (χ0) is 13.0. The number of hydrogen-bond donors (Lipinski definition) is 1. The topological polar surface area (TPSA) is 17.0 Å². The van der Waals surface area contributed by atoms with Gasteiger partial charge in [0.25, 0.3) is 0 Å². The highest BCUT2D eigenvalue weighted by Crippen LogP contribution is 2.20. The summed E-state index contributed by atoms with van der Waals surface area (Å²) in [5.41, 5.74) is 2.71. The second-order valence-electron chi connectivity index (χ2n) is 5.21. The van der Waals surface area contributed by atoms with Crippen LogP contribution < -0.4 is 5.32 Å². The number of fused-ring (bicyclic) bond motifs is 1. The van der Waals surface area contributed by atoms with E-state index in [9.17, 15) is 0 Å². The minimum Gasteiger partial charge on any atom is -0.350 e. The summed E-state index contributed by atoms with van der Waals surface area (Å²) in [6.07, 6.45) is 6.09. The number of rotatable bonds is 6. The Morgan fingerprint density at radius 2 is 2.06 bits per heavy atom. The van der Waals surface area contributed by atoms with Crippen LogP contribution in [0.5, 0.6) is 0 Å². The lowest BCUT2D eigenvalue weighted by molar-refractivity contribution is 0.495. The van der Waals surface area contributed by atoms with Crippen molar-refractivity contribution in [3.63, 3.8) is 0 Å². The van der Waals surface area contributed by atoms with Gasteiger partial charge in [0, 0.05) is 36.7 Å². The first-order valence-corrected chi connectivity index (χ1v) is 6.98. The molecule has 0 amide bonds. The zero-order valence-electron chi connectivity index (χ0n) is 11.7. The fraction of sp³-hybridized carbons (Fsp3) is 0.500. The number of nitrogens with one attached hydrogen (secondary N) is 1. The molecule has 0 aliphatic rings. The summed E-state index contributed by atoms with van der Waals surface area (Å²) < 4.78 is 2.21. The molecule has 1 N–H and O–H groups in total. The van der Waals surface area contributed by atoms with E-state index in [1.807, 2.05) is 0 Å². The van der Waals surface area contributed by atoms with Crippen molar-refractivity contribution >= 4 is 10.9 Å². The summed E-state index contributed by atoms with van der Waals surface area (Å²) in [6.45, 7) is 5.49. The number of hydrogen-bond acceptors (Lipinski definition) is 1. The normalized spacial score (nSPS) is 13.1. The van der Waals surface area contributed by atoms with Crippen LogP contribution in [0.3, 0.4) is 0 Å². The SMILES string of the molecule is CCCCC(C)NCc1cn(C)c2ccccc12. The first kappa shape index (κ1) is 13.2.